The van der Waals surface area contributed by atoms with Crippen molar-refractivity contribution in [2.75, 3.05) is 23.9 Å². The van der Waals surface area contributed by atoms with Crippen LogP contribution in [0.2, 0.25) is 0 Å². The Labute approximate surface area is 536 Å². The molecule has 1 aliphatic rings. The first kappa shape index (κ1) is 64.0. The molecule has 18 heteroatoms. The van der Waals surface area contributed by atoms with Crippen LogP contribution in [0.1, 0.15) is 102 Å². The van der Waals surface area contributed by atoms with Crippen molar-refractivity contribution in [2.45, 2.75) is 13.8 Å². The summed E-state index contributed by atoms with van der Waals surface area (Å²) in [5.74, 6) is 2.55. The Morgan fingerprint density at radius 2 is 0.632 bits per heavy atom. The van der Waals surface area contributed by atoms with Gasteiger partial charge < -0.3 is 49.8 Å². The molecule has 12 rings (SSSR count). The van der Waals surface area contributed by atoms with E-state index in [1.54, 1.807) is 123 Å². The monoisotopic (exact) mass is 1280 g/mol. The van der Waals surface area contributed by atoms with E-state index in [9.17, 15) is 30.0 Å². The van der Waals surface area contributed by atoms with Crippen LogP contribution in [0.15, 0.2) is 213 Å². The summed E-state index contributed by atoms with van der Waals surface area (Å²) in [7, 11) is 0. The van der Waals surface area contributed by atoms with Crippen molar-refractivity contribution in [1.29, 1.82) is 0 Å². The zero-order valence-corrected chi connectivity index (χ0v) is 52.9. The number of halogens is 4. The fraction of sp³-hybridized carbons (Fsp3) is 0.0870. The van der Waals surface area contributed by atoms with Gasteiger partial charge in [-0.05, 0) is 149 Å². The van der Waals surface area contributed by atoms with E-state index >= 15 is 0 Å². The molecule has 0 fully saturated rings. The number of carbonyl (C=O) groups excluding carboxylic acids is 2. The molecule has 8 bridgehead atoms. The van der Waals surface area contributed by atoms with E-state index in [1.165, 1.54) is 0 Å². The van der Waals surface area contributed by atoms with Crippen molar-refractivity contribution in [3.8, 4) is 45.3 Å². The van der Waals surface area contributed by atoms with Crippen LogP contribution in [0.3, 0.4) is 0 Å². The van der Waals surface area contributed by atoms with Gasteiger partial charge in [0.1, 0.15) is 0 Å². The molecule has 11 aromatic rings. The molecule has 0 saturated heterocycles. The van der Waals surface area contributed by atoms with Gasteiger partial charge in [0.05, 0.1) is 57.3 Å². The summed E-state index contributed by atoms with van der Waals surface area (Å²) in [5, 5.41) is 42.6. The van der Waals surface area contributed by atoms with Gasteiger partial charge >= 0.3 is 11.9 Å². The second-order valence-corrected chi connectivity index (χ2v) is 20.4. The van der Waals surface area contributed by atoms with Crippen molar-refractivity contribution < 1.29 is 59.0 Å². The van der Waals surface area contributed by atoms with Crippen molar-refractivity contribution >= 4 is 58.3 Å². The quantitative estimate of drug-likeness (QED) is 0.0436. The molecule has 0 amide bonds. The standard InChI is InChI=1S/C44H28N4O4.C23H21NO4.2CH2Cl2.Zn/c49-29-9-1-5-25(21-29)41-33-13-15-35(45-33)42(26-6-2-10-30(50)22-26)37-17-19-39(47-37)44(28-8-4-12-32(52)24-28)40-20-18-38(48-40)43(36-16-14-34(41)46-36)27-7-3-11-31(51)23-27;1-3-27-22(25)18-9-5-7-16(11-18)20-13-21(15-24-14-20)17-8-6-10-19(12-17)23(26)28-4-2;2*2-1-3;/h1-24,49-52H;5-15H,3-4H2,1-2H3;2*1H2;. The second kappa shape index (κ2) is 30.4. The van der Waals surface area contributed by atoms with E-state index in [0.717, 1.165) is 44.5 Å². The van der Waals surface area contributed by atoms with Crippen LogP contribution >= 0.6 is 46.4 Å². The fourth-order valence-electron chi connectivity index (χ4n) is 9.75. The molecular formula is C69H53Cl4N5O8Zn. The number of ether oxygens (including phenoxy) is 2. The van der Waals surface area contributed by atoms with Crippen LogP contribution in [0, 0.1) is 23.7 Å². The molecule has 1 aliphatic heterocycles. The molecule has 5 aromatic heterocycles. The Bertz CT molecular complexity index is 3560. The van der Waals surface area contributed by atoms with E-state index in [1.807, 2.05) is 103 Å². The fourth-order valence-corrected chi connectivity index (χ4v) is 9.75. The summed E-state index contributed by atoms with van der Waals surface area (Å²) in [6.07, 6.45) is 3.48. The summed E-state index contributed by atoms with van der Waals surface area (Å²) in [6, 6.07) is 59.8. The number of phenols is 4. The predicted octanol–water partition coefficient (Wildman–Crippen LogP) is 14.3. The van der Waals surface area contributed by atoms with Crippen LogP contribution in [-0.4, -0.2) is 61.2 Å². The van der Waals surface area contributed by atoms with Crippen LogP contribution in [0.5, 0.6) is 23.0 Å². The van der Waals surface area contributed by atoms with Gasteiger partial charge in [0.15, 0.2) is 23.0 Å². The number of phenolic OH excluding ortho intramolecular Hbond substituents is 4. The number of hydrogen-bond donors (Lipinski definition) is 4. The number of carbonyl (C=O) groups is 2. The van der Waals surface area contributed by atoms with Crippen molar-refractivity contribution in [3.63, 3.8) is 0 Å². The predicted molar refractivity (Wildman–Crippen MR) is 334 cm³/mol. The molecule has 0 unspecified atom stereocenters. The Hall–Kier alpha value is -9.01. The summed E-state index contributed by atoms with van der Waals surface area (Å²) in [6.45, 7) is 4.22. The van der Waals surface area contributed by atoms with Crippen LogP contribution in [0.25, 0.3) is 22.3 Å². The van der Waals surface area contributed by atoms with Gasteiger partial charge in [0.25, 0.3) is 0 Å². The smallest absolute Gasteiger partial charge is 0.338 e. The molecule has 87 heavy (non-hydrogen) atoms. The number of aromatic nitrogens is 5. The maximum Gasteiger partial charge on any atom is 0.338 e. The van der Waals surface area contributed by atoms with Gasteiger partial charge in [0, 0.05) is 164 Å². The molecule has 0 atom stereocenters. The average Bonchev–Trinajstić information content (AvgIpc) is 1.80. The van der Waals surface area contributed by atoms with Gasteiger partial charge in [-0.3, -0.25) is 4.98 Å². The van der Waals surface area contributed by atoms with Crippen molar-refractivity contribution in [3.05, 3.63) is 315 Å². The minimum absolute atomic E-state index is 0. The Balaban J connectivity index is 0.000000237. The Morgan fingerprint density at radius 3 is 0.874 bits per heavy atom. The van der Waals surface area contributed by atoms with E-state index in [2.05, 4.69) is 4.98 Å². The van der Waals surface area contributed by atoms with Crippen LogP contribution < -0.4 is 19.9 Å². The number of alkyl halides is 4. The molecule has 6 heterocycles. The van der Waals surface area contributed by atoms with Crippen molar-refractivity contribution in [1.82, 2.24) is 24.9 Å². The maximum atomic E-state index is 12.0. The third kappa shape index (κ3) is 15.5. The minimum atomic E-state index is -0.351. The zero-order valence-electron chi connectivity index (χ0n) is 46.9. The summed E-state index contributed by atoms with van der Waals surface area (Å²) in [5.41, 5.74) is 12.3. The van der Waals surface area contributed by atoms with Gasteiger partial charge in [0.2, 0.25) is 0 Å². The summed E-state index contributed by atoms with van der Waals surface area (Å²) in [4.78, 5) is 49.0. The van der Waals surface area contributed by atoms with E-state index in [0.29, 0.717) is 93.6 Å². The molecule has 432 valence electrons. The molecule has 6 aromatic carbocycles. The molecule has 13 nitrogen and oxygen atoms in total. The first-order valence-electron chi connectivity index (χ1n) is 26.8. The molecule has 0 radical (unpaired) electrons. The average molecular weight is 1290 g/mol. The van der Waals surface area contributed by atoms with E-state index < -0.39 is 0 Å². The van der Waals surface area contributed by atoms with Crippen LogP contribution in [-0.2, 0) is 29.0 Å². The number of esters is 2. The van der Waals surface area contributed by atoms with Gasteiger partial charge in [-0.1, -0.05) is 24.3 Å². The maximum absolute atomic E-state index is 12.0. The third-order valence-corrected chi connectivity index (χ3v) is 13.3. The van der Waals surface area contributed by atoms with E-state index in [-0.39, 0.29) is 65.1 Å². The van der Waals surface area contributed by atoms with Crippen molar-refractivity contribution in [2.24, 2.45) is 0 Å². The molecule has 0 aliphatic carbocycles. The number of nitrogens with zero attached hydrogens (tertiary/aromatic N) is 5. The van der Waals surface area contributed by atoms with Gasteiger partial charge in [-0.25, -0.2) is 9.59 Å². The molecule has 0 spiro atoms. The third-order valence-electron chi connectivity index (χ3n) is 13.3. The Kier molecular flexibility index (Phi) is 22.3. The number of aromatic hydroxyl groups is 4. The Morgan fingerprint density at radius 1 is 0.379 bits per heavy atom. The normalized spacial score (nSPS) is 11.4. The molecule has 0 saturated carbocycles. The summed E-state index contributed by atoms with van der Waals surface area (Å²) >= 11 is 19.1. The van der Waals surface area contributed by atoms with Gasteiger partial charge in [-0.15, -0.1) is 46.4 Å². The van der Waals surface area contributed by atoms with Gasteiger partial charge in [-0.2, -0.15) is 0 Å². The SMILES string of the molecule is CCOC(=O)c1cccc(-c2cncc(-c3cccc(C(=O)OCC)c3)c2)c1.ClCCl.ClCCl.Oc1cccc([C+]2c3ccc([n-]3)[C+](c3cccc(O)c3)c3ccc([n-]3)[C+](c3cccc(O)c3)c3ccc([n-]3)[C+](c3cccc(O)c3)c3ccc2[n-]3)c1.[Zn]. The summed E-state index contributed by atoms with van der Waals surface area (Å²) < 4.78 is 10.1. The number of rotatable bonds is 10. The number of benzene rings is 6. The molecular weight excluding hydrogens is 1230 g/mol. The first-order valence-corrected chi connectivity index (χ1v) is 28.9. The topological polar surface area (TPSA) is 203 Å². The number of hydrogen-bond acceptors (Lipinski definition) is 9. The second-order valence-electron chi connectivity index (χ2n) is 18.8. The zero-order chi connectivity index (χ0) is 60.7. The van der Waals surface area contributed by atoms with Crippen LogP contribution in [0.4, 0.5) is 0 Å². The minimum Gasteiger partial charge on any atom is -0.628 e. The number of pyridine rings is 1. The van der Waals surface area contributed by atoms with E-state index in [4.69, 9.17) is 75.8 Å². The number of fused-ring (bicyclic) bond motifs is 8. The first-order chi connectivity index (χ1) is 41.8. The molecule has 4 N–H and O–H groups in total. The largest absolute Gasteiger partial charge is 0.628 e.